The molecule has 3 heterocycles. The van der Waals surface area contributed by atoms with Crippen LogP contribution >= 0.6 is 0 Å². The molecular formula is C15H19N5O3. The highest BCUT2D eigenvalue weighted by atomic mass is 16.5. The van der Waals surface area contributed by atoms with Crippen molar-refractivity contribution in [3.63, 3.8) is 0 Å². The molecule has 0 N–H and O–H groups in total. The molecule has 3 rings (SSSR count). The fourth-order valence-electron chi connectivity index (χ4n) is 2.51. The first-order valence-electron chi connectivity index (χ1n) is 7.44. The monoisotopic (exact) mass is 317 g/mol. The number of hydrogen-bond acceptors (Lipinski definition) is 7. The van der Waals surface area contributed by atoms with Crippen molar-refractivity contribution in [2.24, 2.45) is 0 Å². The van der Waals surface area contributed by atoms with E-state index in [9.17, 15) is 4.79 Å². The summed E-state index contributed by atoms with van der Waals surface area (Å²) in [6.45, 7) is 6.17. The van der Waals surface area contributed by atoms with Gasteiger partial charge in [-0.15, -0.1) is 0 Å². The van der Waals surface area contributed by atoms with Crippen molar-refractivity contribution in [1.29, 1.82) is 0 Å². The van der Waals surface area contributed by atoms with Gasteiger partial charge in [-0.05, 0) is 13.8 Å². The molecule has 122 valence electrons. The zero-order valence-corrected chi connectivity index (χ0v) is 13.4. The molecule has 1 aliphatic heterocycles. The average molecular weight is 317 g/mol. The highest BCUT2D eigenvalue weighted by molar-refractivity contribution is 5.92. The van der Waals surface area contributed by atoms with E-state index in [2.05, 4.69) is 15.1 Å². The maximum absolute atomic E-state index is 12.3. The van der Waals surface area contributed by atoms with Crippen molar-refractivity contribution in [2.45, 2.75) is 13.8 Å². The third-order valence-electron chi connectivity index (χ3n) is 3.72. The molecule has 1 amide bonds. The highest BCUT2D eigenvalue weighted by Crippen LogP contribution is 2.17. The summed E-state index contributed by atoms with van der Waals surface area (Å²) in [4.78, 5) is 25.0. The number of carbonyl (C=O) groups excluding carboxylic acids is 1. The van der Waals surface area contributed by atoms with Gasteiger partial charge in [-0.2, -0.15) is 4.98 Å². The van der Waals surface area contributed by atoms with Crippen molar-refractivity contribution < 1.29 is 14.1 Å². The molecule has 8 heteroatoms. The van der Waals surface area contributed by atoms with Crippen LogP contribution in [0.5, 0.6) is 5.88 Å². The Balaban J connectivity index is 1.66. The Morgan fingerprint density at radius 3 is 2.52 bits per heavy atom. The number of aromatic nitrogens is 3. The van der Waals surface area contributed by atoms with Crippen LogP contribution in [-0.2, 0) is 0 Å². The van der Waals surface area contributed by atoms with Crippen LogP contribution in [0.15, 0.2) is 16.7 Å². The molecule has 0 radical (unpaired) electrons. The van der Waals surface area contributed by atoms with Gasteiger partial charge in [0.05, 0.1) is 7.11 Å². The maximum Gasteiger partial charge on any atom is 0.276 e. The number of aryl methyl sites for hydroxylation is 2. The summed E-state index contributed by atoms with van der Waals surface area (Å²) in [5.41, 5.74) is 1.20. The normalized spacial score (nSPS) is 14.9. The predicted octanol–water partition coefficient (Wildman–Crippen LogP) is 1.05. The van der Waals surface area contributed by atoms with Gasteiger partial charge in [-0.1, -0.05) is 5.16 Å². The fourth-order valence-corrected chi connectivity index (χ4v) is 2.51. The van der Waals surface area contributed by atoms with Gasteiger partial charge in [0.1, 0.15) is 5.76 Å². The second-order valence-corrected chi connectivity index (χ2v) is 5.45. The lowest BCUT2D eigenvalue weighted by Crippen LogP contribution is -2.49. The molecule has 0 saturated carbocycles. The molecule has 1 saturated heterocycles. The SMILES string of the molecule is COc1cc(C)nc(N2CCN(C(=O)c3cc(C)on3)CC2)n1. The van der Waals surface area contributed by atoms with Gasteiger partial charge in [0, 0.05) is 44.0 Å². The number of methoxy groups -OCH3 is 1. The van der Waals surface area contributed by atoms with Crippen LogP contribution in [0, 0.1) is 13.8 Å². The Kier molecular flexibility index (Phi) is 4.14. The van der Waals surface area contributed by atoms with E-state index >= 15 is 0 Å². The number of anilines is 1. The lowest BCUT2D eigenvalue weighted by Gasteiger charge is -2.34. The lowest BCUT2D eigenvalue weighted by atomic mass is 10.2. The number of piperazine rings is 1. The third-order valence-corrected chi connectivity index (χ3v) is 3.72. The number of ether oxygens (including phenoxy) is 1. The molecule has 0 aliphatic carbocycles. The van der Waals surface area contributed by atoms with E-state index in [4.69, 9.17) is 9.26 Å². The smallest absolute Gasteiger partial charge is 0.276 e. The van der Waals surface area contributed by atoms with Crippen LogP contribution < -0.4 is 9.64 Å². The van der Waals surface area contributed by atoms with Gasteiger partial charge in [-0.3, -0.25) is 4.79 Å². The zero-order chi connectivity index (χ0) is 16.4. The summed E-state index contributed by atoms with van der Waals surface area (Å²) in [7, 11) is 1.59. The number of nitrogens with zero attached hydrogens (tertiary/aromatic N) is 5. The van der Waals surface area contributed by atoms with Crippen molar-refractivity contribution >= 4 is 11.9 Å². The minimum atomic E-state index is -0.107. The van der Waals surface area contributed by atoms with Crippen LogP contribution in [-0.4, -0.2) is 59.2 Å². The van der Waals surface area contributed by atoms with Crippen molar-refractivity contribution in [1.82, 2.24) is 20.0 Å². The molecule has 0 aromatic carbocycles. The van der Waals surface area contributed by atoms with Crippen molar-refractivity contribution in [2.75, 3.05) is 38.2 Å². The molecular weight excluding hydrogens is 298 g/mol. The summed E-state index contributed by atoms with van der Waals surface area (Å²) >= 11 is 0. The highest BCUT2D eigenvalue weighted by Gasteiger charge is 2.25. The Hall–Kier alpha value is -2.64. The summed E-state index contributed by atoms with van der Waals surface area (Å²) < 4.78 is 10.1. The molecule has 23 heavy (non-hydrogen) atoms. The van der Waals surface area contributed by atoms with Crippen molar-refractivity contribution in [3.05, 3.63) is 29.3 Å². The Morgan fingerprint density at radius 2 is 1.91 bits per heavy atom. The van der Waals surface area contributed by atoms with Crippen LogP contribution in [0.3, 0.4) is 0 Å². The molecule has 0 spiro atoms. The van der Waals surface area contributed by atoms with Gasteiger partial charge >= 0.3 is 0 Å². The second kappa shape index (κ2) is 6.23. The first kappa shape index (κ1) is 15.3. The standard InChI is InChI=1S/C15H19N5O3/c1-10-8-13(22-3)17-15(16-10)20-6-4-19(5-7-20)14(21)12-9-11(2)23-18-12/h8-9H,4-7H2,1-3H3. The van der Waals surface area contributed by atoms with E-state index in [-0.39, 0.29) is 5.91 Å². The van der Waals surface area contributed by atoms with Crippen LogP contribution in [0.2, 0.25) is 0 Å². The van der Waals surface area contributed by atoms with E-state index in [1.165, 1.54) is 0 Å². The largest absolute Gasteiger partial charge is 0.481 e. The topological polar surface area (TPSA) is 84.6 Å². The quantitative estimate of drug-likeness (QED) is 0.836. The summed E-state index contributed by atoms with van der Waals surface area (Å²) in [6, 6.07) is 3.44. The molecule has 0 unspecified atom stereocenters. The number of carbonyl (C=O) groups is 1. The fraction of sp³-hybridized carbons (Fsp3) is 0.467. The summed E-state index contributed by atoms with van der Waals surface area (Å²) in [5.74, 6) is 1.70. The number of rotatable bonds is 3. The van der Waals surface area contributed by atoms with Crippen molar-refractivity contribution in [3.8, 4) is 5.88 Å². The lowest BCUT2D eigenvalue weighted by molar-refractivity contribution is 0.0735. The van der Waals surface area contributed by atoms with Gasteiger partial charge < -0.3 is 19.1 Å². The Labute approximate surface area is 134 Å². The minimum Gasteiger partial charge on any atom is -0.481 e. The second-order valence-electron chi connectivity index (χ2n) is 5.45. The Bertz CT molecular complexity index is 707. The molecule has 1 fully saturated rings. The minimum absolute atomic E-state index is 0.107. The van der Waals surface area contributed by atoms with E-state index in [0.29, 0.717) is 49.5 Å². The van der Waals surface area contributed by atoms with Gasteiger partial charge in [0.15, 0.2) is 5.69 Å². The summed E-state index contributed by atoms with van der Waals surface area (Å²) in [5, 5.41) is 3.78. The van der Waals surface area contributed by atoms with Gasteiger partial charge in [-0.25, -0.2) is 4.98 Å². The van der Waals surface area contributed by atoms with Crippen LogP contribution in [0.25, 0.3) is 0 Å². The first-order valence-corrected chi connectivity index (χ1v) is 7.44. The predicted molar refractivity (Wildman–Crippen MR) is 82.7 cm³/mol. The maximum atomic E-state index is 12.3. The molecule has 2 aromatic heterocycles. The molecule has 8 nitrogen and oxygen atoms in total. The molecule has 0 atom stereocenters. The van der Waals surface area contributed by atoms with Crippen LogP contribution in [0.4, 0.5) is 5.95 Å². The summed E-state index contributed by atoms with van der Waals surface area (Å²) in [6.07, 6.45) is 0. The van der Waals surface area contributed by atoms with E-state index in [0.717, 1.165) is 5.69 Å². The average Bonchev–Trinajstić information content (AvgIpc) is 3.00. The molecule has 2 aromatic rings. The molecule has 1 aliphatic rings. The molecule has 0 bridgehead atoms. The number of amides is 1. The zero-order valence-electron chi connectivity index (χ0n) is 13.4. The van der Waals surface area contributed by atoms with Gasteiger partial charge in [0.25, 0.3) is 5.91 Å². The Morgan fingerprint density at radius 1 is 1.17 bits per heavy atom. The van der Waals surface area contributed by atoms with Gasteiger partial charge in [0.2, 0.25) is 11.8 Å². The van der Waals surface area contributed by atoms with Crippen LogP contribution in [0.1, 0.15) is 21.9 Å². The van der Waals surface area contributed by atoms with E-state index < -0.39 is 0 Å². The third kappa shape index (κ3) is 3.25. The number of hydrogen-bond donors (Lipinski definition) is 0. The van der Waals surface area contributed by atoms with E-state index in [1.54, 1.807) is 31.1 Å². The first-order chi connectivity index (χ1) is 11.1. The van der Waals surface area contributed by atoms with E-state index in [1.807, 2.05) is 11.8 Å².